The average Bonchev–Trinajstić information content (AvgIpc) is 2.38. The Morgan fingerprint density at radius 2 is 2.13 bits per heavy atom. The number of fused-ring (bicyclic) bond motifs is 1. The molecule has 1 atom stereocenters. The summed E-state index contributed by atoms with van der Waals surface area (Å²) >= 11 is 0. The lowest BCUT2D eigenvalue weighted by Gasteiger charge is -2.27. The van der Waals surface area contributed by atoms with E-state index in [1.807, 2.05) is 24.3 Å². The molecule has 0 fully saturated rings. The number of hydrogen-bond donors (Lipinski definition) is 2. The molecule has 0 aromatic heterocycles. The first kappa shape index (κ1) is 10.0. The van der Waals surface area contributed by atoms with E-state index in [0.29, 0.717) is 0 Å². The van der Waals surface area contributed by atoms with Gasteiger partial charge in [-0.1, -0.05) is 19.1 Å². The molecule has 1 heterocycles. The Labute approximate surface area is 89.9 Å². The number of carbonyl (C=O) groups is 1. The molecule has 0 aliphatic carbocycles. The molecule has 0 saturated carbocycles. The molecule has 15 heavy (non-hydrogen) atoms. The predicted octanol–water partition coefficient (Wildman–Crippen LogP) is 2.01. The van der Waals surface area contributed by atoms with Crippen molar-refractivity contribution in [2.45, 2.75) is 25.8 Å². The summed E-state index contributed by atoms with van der Waals surface area (Å²) < 4.78 is 0. The summed E-state index contributed by atoms with van der Waals surface area (Å²) in [6.45, 7) is 4.91. The lowest BCUT2D eigenvalue weighted by Crippen LogP contribution is -2.48. The van der Waals surface area contributed by atoms with Gasteiger partial charge in [0.25, 0.3) is 5.91 Å². The fourth-order valence-corrected chi connectivity index (χ4v) is 1.72. The van der Waals surface area contributed by atoms with Crippen molar-refractivity contribution in [3.63, 3.8) is 0 Å². The van der Waals surface area contributed by atoms with Gasteiger partial charge in [0.05, 0.1) is 11.1 Å². The minimum Gasteiger partial charge on any atom is -0.382 e. The first-order valence-electron chi connectivity index (χ1n) is 5.30. The van der Waals surface area contributed by atoms with Crippen molar-refractivity contribution >= 4 is 11.6 Å². The Hall–Kier alpha value is -1.51. The van der Waals surface area contributed by atoms with Crippen molar-refractivity contribution in [1.82, 2.24) is 5.32 Å². The maximum Gasteiger partial charge on any atom is 0.253 e. The van der Waals surface area contributed by atoms with Crippen LogP contribution in [0.4, 0.5) is 5.69 Å². The number of para-hydroxylation sites is 1. The lowest BCUT2D eigenvalue weighted by molar-refractivity contribution is 0.0914. The van der Waals surface area contributed by atoms with Gasteiger partial charge in [-0.3, -0.25) is 4.79 Å². The van der Waals surface area contributed by atoms with Gasteiger partial charge in [0.15, 0.2) is 0 Å². The summed E-state index contributed by atoms with van der Waals surface area (Å²) in [5.74, 6) is 0.0138. The minimum absolute atomic E-state index is 0.0138. The van der Waals surface area contributed by atoms with Crippen LogP contribution in [0, 0.1) is 0 Å². The van der Waals surface area contributed by atoms with E-state index in [4.69, 9.17) is 0 Å². The second-order valence-electron chi connectivity index (χ2n) is 4.27. The Kier molecular flexibility index (Phi) is 2.39. The SMILES string of the molecule is CC[C@@]1(C)CNc2ccccc2C(=O)N1. The van der Waals surface area contributed by atoms with Gasteiger partial charge in [0, 0.05) is 12.2 Å². The molecule has 1 aromatic carbocycles. The van der Waals surface area contributed by atoms with E-state index in [1.54, 1.807) is 0 Å². The van der Waals surface area contributed by atoms with Crippen LogP contribution in [0.2, 0.25) is 0 Å². The number of carbonyl (C=O) groups excluding carboxylic acids is 1. The maximum atomic E-state index is 11.9. The van der Waals surface area contributed by atoms with E-state index in [9.17, 15) is 4.79 Å². The molecule has 1 aromatic rings. The molecule has 0 unspecified atom stereocenters. The third kappa shape index (κ3) is 1.82. The van der Waals surface area contributed by atoms with Crippen LogP contribution in [0.5, 0.6) is 0 Å². The monoisotopic (exact) mass is 204 g/mol. The van der Waals surface area contributed by atoms with Crippen molar-refractivity contribution in [3.05, 3.63) is 29.8 Å². The van der Waals surface area contributed by atoms with Gasteiger partial charge in [-0.25, -0.2) is 0 Å². The summed E-state index contributed by atoms with van der Waals surface area (Å²) in [6, 6.07) is 7.61. The van der Waals surface area contributed by atoms with E-state index in [-0.39, 0.29) is 11.4 Å². The second-order valence-corrected chi connectivity index (χ2v) is 4.27. The predicted molar refractivity (Wildman–Crippen MR) is 61.1 cm³/mol. The molecular formula is C12H16N2O. The van der Waals surface area contributed by atoms with Crippen LogP contribution in [0.15, 0.2) is 24.3 Å². The fraction of sp³-hybridized carbons (Fsp3) is 0.417. The highest BCUT2D eigenvalue weighted by Gasteiger charge is 2.28. The van der Waals surface area contributed by atoms with Gasteiger partial charge in [-0.05, 0) is 25.5 Å². The smallest absolute Gasteiger partial charge is 0.253 e. The minimum atomic E-state index is -0.157. The molecule has 3 nitrogen and oxygen atoms in total. The quantitative estimate of drug-likeness (QED) is 0.734. The summed E-state index contributed by atoms with van der Waals surface area (Å²) in [4.78, 5) is 11.9. The Bertz CT molecular complexity index is 389. The third-order valence-electron chi connectivity index (χ3n) is 3.04. The van der Waals surface area contributed by atoms with Crippen LogP contribution in [0.25, 0.3) is 0 Å². The topological polar surface area (TPSA) is 41.1 Å². The fourth-order valence-electron chi connectivity index (χ4n) is 1.72. The van der Waals surface area contributed by atoms with E-state index < -0.39 is 0 Å². The molecule has 0 saturated heterocycles. The molecule has 80 valence electrons. The van der Waals surface area contributed by atoms with Crippen LogP contribution in [-0.4, -0.2) is 18.0 Å². The summed E-state index contributed by atoms with van der Waals surface area (Å²) in [6.07, 6.45) is 0.916. The van der Waals surface area contributed by atoms with Crippen LogP contribution in [0.1, 0.15) is 30.6 Å². The Morgan fingerprint density at radius 3 is 2.87 bits per heavy atom. The first-order chi connectivity index (χ1) is 7.14. The van der Waals surface area contributed by atoms with Gasteiger partial charge in [0.1, 0.15) is 0 Å². The number of hydrogen-bond acceptors (Lipinski definition) is 2. The van der Waals surface area contributed by atoms with Gasteiger partial charge in [0.2, 0.25) is 0 Å². The van der Waals surface area contributed by atoms with E-state index in [1.165, 1.54) is 0 Å². The van der Waals surface area contributed by atoms with Crippen molar-refractivity contribution in [3.8, 4) is 0 Å². The van der Waals surface area contributed by atoms with Gasteiger partial charge in [-0.15, -0.1) is 0 Å². The van der Waals surface area contributed by atoms with Crippen molar-refractivity contribution in [2.24, 2.45) is 0 Å². The number of benzene rings is 1. The summed E-state index contributed by atoms with van der Waals surface area (Å²) in [5.41, 5.74) is 1.50. The highest BCUT2D eigenvalue weighted by molar-refractivity contribution is 6.00. The van der Waals surface area contributed by atoms with Crippen LogP contribution < -0.4 is 10.6 Å². The molecule has 0 radical (unpaired) electrons. The lowest BCUT2D eigenvalue weighted by atomic mass is 9.99. The third-order valence-corrected chi connectivity index (χ3v) is 3.04. The molecule has 1 aliphatic heterocycles. The average molecular weight is 204 g/mol. The van der Waals surface area contributed by atoms with Crippen LogP contribution in [-0.2, 0) is 0 Å². The maximum absolute atomic E-state index is 11.9. The largest absolute Gasteiger partial charge is 0.382 e. The standard InChI is InChI=1S/C12H16N2O/c1-3-12(2)8-13-10-7-5-4-6-9(10)11(15)14-12/h4-7,13H,3,8H2,1-2H3,(H,14,15)/t12-/m0/s1. The Balaban J connectivity index is 2.36. The molecule has 2 N–H and O–H groups in total. The van der Waals surface area contributed by atoms with E-state index in [2.05, 4.69) is 24.5 Å². The number of amides is 1. The van der Waals surface area contributed by atoms with Crippen LogP contribution >= 0.6 is 0 Å². The first-order valence-corrected chi connectivity index (χ1v) is 5.30. The number of anilines is 1. The number of rotatable bonds is 1. The van der Waals surface area contributed by atoms with Crippen LogP contribution in [0.3, 0.4) is 0 Å². The zero-order valence-corrected chi connectivity index (χ0v) is 9.13. The van der Waals surface area contributed by atoms with Crippen molar-refractivity contribution in [2.75, 3.05) is 11.9 Å². The van der Waals surface area contributed by atoms with E-state index in [0.717, 1.165) is 24.2 Å². The molecule has 1 aliphatic rings. The number of nitrogens with one attached hydrogen (secondary N) is 2. The highest BCUT2D eigenvalue weighted by Crippen LogP contribution is 2.22. The normalized spacial score (nSPS) is 24.8. The summed E-state index contributed by atoms with van der Waals surface area (Å²) in [5, 5.41) is 6.37. The summed E-state index contributed by atoms with van der Waals surface area (Å²) in [7, 11) is 0. The molecule has 0 spiro atoms. The van der Waals surface area contributed by atoms with Crippen molar-refractivity contribution in [1.29, 1.82) is 0 Å². The Morgan fingerprint density at radius 1 is 1.40 bits per heavy atom. The highest BCUT2D eigenvalue weighted by atomic mass is 16.1. The van der Waals surface area contributed by atoms with E-state index >= 15 is 0 Å². The zero-order valence-electron chi connectivity index (χ0n) is 9.13. The van der Waals surface area contributed by atoms with Crippen molar-refractivity contribution < 1.29 is 4.79 Å². The zero-order chi connectivity index (χ0) is 10.9. The molecule has 0 bridgehead atoms. The molecule has 1 amide bonds. The van der Waals surface area contributed by atoms with Gasteiger partial charge < -0.3 is 10.6 Å². The van der Waals surface area contributed by atoms with Gasteiger partial charge >= 0.3 is 0 Å². The molecular weight excluding hydrogens is 188 g/mol. The van der Waals surface area contributed by atoms with Gasteiger partial charge in [-0.2, -0.15) is 0 Å². The second kappa shape index (κ2) is 3.57. The molecule has 3 heteroatoms. The molecule has 2 rings (SSSR count).